The van der Waals surface area contributed by atoms with Crippen molar-refractivity contribution in [1.82, 2.24) is 20.4 Å². The van der Waals surface area contributed by atoms with Gasteiger partial charge >= 0.3 is 0 Å². The van der Waals surface area contributed by atoms with Crippen molar-refractivity contribution in [2.24, 2.45) is 4.99 Å². The zero-order valence-corrected chi connectivity index (χ0v) is 16.2. The lowest BCUT2D eigenvalue weighted by Gasteiger charge is -2.19. The van der Waals surface area contributed by atoms with Gasteiger partial charge in [0.25, 0.3) is 0 Å². The van der Waals surface area contributed by atoms with E-state index in [4.69, 9.17) is 4.99 Å². The van der Waals surface area contributed by atoms with Crippen molar-refractivity contribution in [3.63, 3.8) is 0 Å². The normalized spacial score (nSPS) is 12.8. The SMILES string of the molecule is CCNC(=NCCCCSC)NC(C)c1cccc(-n2cccn2)c1. The Morgan fingerprint density at radius 3 is 2.92 bits per heavy atom. The first-order valence-corrected chi connectivity index (χ1v) is 10.3. The number of rotatable bonds is 9. The Labute approximate surface area is 155 Å². The maximum Gasteiger partial charge on any atom is 0.191 e. The van der Waals surface area contributed by atoms with Gasteiger partial charge in [-0.2, -0.15) is 16.9 Å². The second-order valence-electron chi connectivity index (χ2n) is 5.87. The highest BCUT2D eigenvalue weighted by atomic mass is 32.2. The first-order chi connectivity index (χ1) is 12.2. The quantitative estimate of drug-likeness (QED) is 0.408. The molecule has 0 aliphatic carbocycles. The van der Waals surface area contributed by atoms with Crippen LogP contribution < -0.4 is 10.6 Å². The largest absolute Gasteiger partial charge is 0.357 e. The summed E-state index contributed by atoms with van der Waals surface area (Å²) >= 11 is 1.89. The van der Waals surface area contributed by atoms with Crippen LogP contribution in [-0.2, 0) is 0 Å². The molecule has 1 heterocycles. The summed E-state index contributed by atoms with van der Waals surface area (Å²) in [5.74, 6) is 2.08. The smallest absolute Gasteiger partial charge is 0.191 e. The van der Waals surface area contributed by atoms with Crippen LogP contribution in [0.4, 0.5) is 0 Å². The topological polar surface area (TPSA) is 54.2 Å². The molecule has 2 N–H and O–H groups in total. The molecule has 0 aliphatic rings. The van der Waals surface area contributed by atoms with E-state index in [1.165, 1.54) is 17.7 Å². The lowest BCUT2D eigenvalue weighted by Crippen LogP contribution is -2.38. The third-order valence-electron chi connectivity index (χ3n) is 3.86. The highest BCUT2D eigenvalue weighted by molar-refractivity contribution is 7.98. The molecular formula is C19H29N5S. The average Bonchev–Trinajstić information content (AvgIpc) is 3.16. The molecule has 1 atom stereocenters. The summed E-state index contributed by atoms with van der Waals surface area (Å²) in [6.45, 7) is 5.96. The highest BCUT2D eigenvalue weighted by Crippen LogP contribution is 2.16. The minimum absolute atomic E-state index is 0.166. The van der Waals surface area contributed by atoms with Crippen molar-refractivity contribution in [2.75, 3.05) is 25.1 Å². The third kappa shape index (κ3) is 6.46. The second-order valence-corrected chi connectivity index (χ2v) is 6.86. The van der Waals surface area contributed by atoms with E-state index in [1.54, 1.807) is 6.20 Å². The fourth-order valence-corrected chi connectivity index (χ4v) is 3.01. The molecule has 25 heavy (non-hydrogen) atoms. The molecular weight excluding hydrogens is 330 g/mol. The monoisotopic (exact) mass is 359 g/mol. The van der Waals surface area contributed by atoms with Crippen LogP contribution in [0.25, 0.3) is 5.69 Å². The Balaban J connectivity index is 1.99. The van der Waals surface area contributed by atoms with Crippen molar-refractivity contribution < 1.29 is 0 Å². The van der Waals surface area contributed by atoms with Crippen LogP contribution in [-0.4, -0.2) is 40.8 Å². The Bertz CT molecular complexity index is 639. The van der Waals surface area contributed by atoms with E-state index in [9.17, 15) is 0 Å². The van der Waals surface area contributed by atoms with Gasteiger partial charge in [-0.25, -0.2) is 4.68 Å². The molecule has 1 unspecified atom stereocenters. The van der Waals surface area contributed by atoms with Crippen LogP contribution in [0.5, 0.6) is 0 Å². The number of aliphatic imine (C=N–C) groups is 1. The second kappa shape index (κ2) is 10.8. The lowest BCUT2D eigenvalue weighted by atomic mass is 10.1. The molecule has 2 rings (SSSR count). The molecule has 0 bridgehead atoms. The third-order valence-corrected chi connectivity index (χ3v) is 4.56. The molecule has 0 radical (unpaired) electrons. The first kappa shape index (κ1) is 19.4. The molecule has 0 saturated carbocycles. The van der Waals surface area contributed by atoms with E-state index in [0.29, 0.717) is 0 Å². The number of hydrogen-bond donors (Lipinski definition) is 2. The fraction of sp³-hybridized carbons (Fsp3) is 0.474. The van der Waals surface area contributed by atoms with Crippen LogP contribution >= 0.6 is 11.8 Å². The molecule has 136 valence electrons. The summed E-state index contributed by atoms with van der Waals surface area (Å²) in [5.41, 5.74) is 2.27. The van der Waals surface area contributed by atoms with E-state index in [2.05, 4.69) is 60.1 Å². The van der Waals surface area contributed by atoms with Gasteiger partial charge in [-0.15, -0.1) is 0 Å². The number of thioether (sulfide) groups is 1. The van der Waals surface area contributed by atoms with Gasteiger partial charge in [0.05, 0.1) is 11.7 Å². The predicted octanol–water partition coefficient (Wildman–Crippen LogP) is 3.63. The van der Waals surface area contributed by atoms with E-state index >= 15 is 0 Å². The van der Waals surface area contributed by atoms with Gasteiger partial charge in [-0.3, -0.25) is 4.99 Å². The van der Waals surface area contributed by atoms with Crippen molar-refractivity contribution in [1.29, 1.82) is 0 Å². The summed E-state index contributed by atoms with van der Waals surface area (Å²) in [7, 11) is 0. The summed E-state index contributed by atoms with van der Waals surface area (Å²) in [4.78, 5) is 4.69. The van der Waals surface area contributed by atoms with Gasteiger partial charge in [0, 0.05) is 25.5 Å². The van der Waals surface area contributed by atoms with Crippen LogP contribution in [0.15, 0.2) is 47.7 Å². The Hall–Kier alpha value is -1.95. The summed E-state index contributed by atoms with van der Waals surface area (Å²) in [5, 5.41) is 11.1. The molecule has 1 aromatic heterocycles. The number of aromatic nitrogens is 2. The number of hydrogen-bond acceptors (Lipinski definition) is 3. The van der Waals surface area contributed by atoms with E-state index in [0.717, 1.165) is 31.2 Å². The van der Waals surface area contributed by atoms with E-state index in [-0.39, 0.29) is 6.04 Å². The molecule has 1 aromatic carbocycles. The molecule has 0 fully saturated rings. The Morgan fingerprint density at radius 1 is 1.32 bits per heavy atom. The number of unbranched alkanes of at least 4 members (excludes halogenated alkanes) is 1. The zero-order chi connectivity index (χ0) is 17.9. The van der Waals surface area contributed by atoms with Crippen LogP contribution in [0.3, 0.4) is 0 Å². The summed E-state index contributed by atoms with van der Waals surface area (Å²) in [6.07, 6.45) is 8.23. The summed E-state index contributed by atoms with van der Waals surface area (Å²) in [6, 6.07) is 10.5. The van der Waals surface area contributed by atoms with Gasteiger partial charge in [0.2, 0.25) is 0 Å². The van der Waals surface area contributed by atoms with Gasteiger partial charge in [0.15, 0.2) is 5.96 Å². The first-order valence-electron chi connectivity index (χ1n) is 8.88. The zero-order valence-electron chi connectivity index (χ0n) is 15.4. The maximum atomic E-state index is 4.69. The number of benzene rings is 1. The Kier molecular flexibility index (Phi) is 8.39. The van der Waals surface area contributed by atoms with Crippen molar-refractivity contribution >= 4 is 17.7 Å². The molecule has 2 aromatic rings. The van der Waals surface area contributed by atoms with Gasteiger partial charge in [-0.05, 0) is 62.5 Å². The van der Waals surface area contributed by atoms with Gasteiger partial charge in [-0.1, -0.05) is 12.1 Å². The van der Waals surface area contributed by atoms with Crippen molar-refractivity contribution in [2.45, 2.75) is 32.7 Å². The highest BCUT2D eigenvalue weighted by Gasteiger charge is 2.09. The van der Waals surface area contributed by atoms with Crippen molar-refractivity contribution in [3.05, 3.63) is 48.3 Å². The van der Waals surface area contributed by atoms with Gasteiger partial charge < -0.3 is 10.6 Å². The molecule has 0 amide bonds. The van der Waals surface area contributed by atoms with Gasteiger partial charge in [0.1, 0.15) is 0 Å². The minimum atomic E-state index is 0.166. The van der Waals surface area contributed by atoms with E-state index in [1.807, 2.05) is 28.7 Å². The summed E-state index contributed by atoms with van der Waals surface area (Å²) < 4.78 is 1.88. The fourth-order valence-electron chi connectivity index (χ4n) is 2.52. The molecule has 0 spiro atoms. The number of nitrogens with one attached hydrogen (secondary N) is 2. The lowest BCUT2D eigenvalue weighted by molar-refractivity contribution is 0.681. The average molecular weight is 360 g/mol. The maximum absolute atomic E-state index is 4.69. The van der Waals surface area contributed by atoms with Crippen molar-refractivity contribution in [3.8, 4) is 5.69 Å². The standard InChI is InChI=1S/C19H29N5S/c1-4-20-19(21-11-5-6-14-25-3)23-16(2)17-9-7-10-18(15-17)24-13-8-12-22-24/h7-10,12-13,15-16H,4-6,11,14H2,1-3H3,(H2,20,21,23). The minimum Gasteiger partial charge on any atom is -0.357 e. The van der Waals surface area contributed by atoms with Crippen LogP contribution in [0.1, 0.15) is 38.3 Å². The number of nitrogens with zero attached hydrogens (tertiary/aromatic N) is 3. The Morgan fingerprint density at radius 2 is 2.20 bits per heavy atom. The molecule has 6 heteroatoms. The molecule has 5 nitrogen and oxygen atoms in total. The van der Waals surface area contributed by atoms with Crippen LogP contribution in [0.2, 0.25) is 0 Å². The predicted molar refractivity (Wildman–Crippen MR) is 109 cm³/mol. The number of guanidine groups is 1. The molecule has 0 saturated heterocycles. The molecule has 0 aliphatic heterocycles. The van der Waals surface area contributed by atoms with E-state index < -0.39 is 0 Å². The van der Waals surface area contributed by atoms with Crippen LogP contribution in [0, 0.1) is 0 Å².